The second-order valence-corrected chi connectivity index (χ2v) is 10.1. The highest BCUT2D eigenvalue weighted by Crippen LogP contribution is 2.22. The van der Waals surface area contributed by atoms with E-state index < -0.39 is 0 Å². The summed E-state index contributed by atoms with van der Waals surface area (Å²) in [6.45, 7) is 6.27. The zero-order valence-electron chi connectivity index (χ0n) is 22.9. The highest BCUT2D eigenvalue weighted by atomic mass is 16.5. The number of piperazine rings is 1. The van der Waals surface area contributed by atoms with Crippen molar-refractivity contribution in [1.82, 2.24) is 14.7 Å². The van der Waals surface area contributed by atoms with Gasteiger partial charge in [0, 0.05) is 45.8 Å². The van der Waals surface area contributed by atoms with Crippen LogP contribution in [0.25, 0.3) is 10.8 Å². The Balaban J connectivity index is 1.08. The number of para-hydroxylation sites is 1. The topological polar surface area (TPSA) is 45.3 Å². The third kappa shape index (κ3) is 6.77. The van der Waals surface area contributed by atoms with E-state index in [0.717, 1.165) is 38.5 Å². The van der Waals surface area contributed by atoms with Gasteiger partial charge in [0.05, 0.1) is 12.7 Å². The fourth-order valence-electron chi connectivity index (χ4n) is 5.28. The molecule has 202 valence electrons. The van der Waals surface area contributed by atoms with E-state index in [1.165, 1.54) is 21.9 Å². The molecular formula is C33H37N3O3. The van der Waals surface area contributed by atoms with Crippen LogP contribution in [0.5, 0.6) is 11.5 Å². The van der Waals surface area contributed by atoms with E-state index >= 15 is 0 Å². The minimum absolute atomic E-state index is 0.0329. The first-order chi connectivity index (χ1) is 19.1. The second kappa shape index (κ2) is 12.8. The van der Waals surface area contributed by atoms with Gasteiger partial charge in [-0.05, 0) is 53.2 Å². The Bertz CT molecular complexity index is 1390. The van der Waals surface area contributed by atoms with Gasteiger partial charge in [0.15, 0.2) is 0 Å². The lowest BCUT2D eigenvalue weighted by molar-refractivity contribution is 0.0617. The number of carbonyl (C=O) groups is 1. The fraction of sp³-hybridized carbons (Fsp3) is 0.303. The molecule has 0 aliphatic carbocycles. The van der Waals surface area contributed by atoms with Crippen LogP contribution in [0.4, 0.5) is 0 Å². The standard InChI is InChI=1S/C33H37N3O3/c1-34(25-28-12-8-11-27-10-3-4-14-30(27)28)24-26-9-7-13-29(23-26)39-22-21-35-17-19-36(20-18-35)33(37)31-15-5-6-16-32(31)38-2/h3-16,23H,17-22,24-25H2,1-2H3. The van der Waals surface area contributed by atoms with Crippen LogP contribution in [0.15, 0.2) is 91.0 Å². The number of hydrogen-bond donors (Lipinski definition) is 0. The van der Waals surface area contributed by atoms with Crippen LogP contribution in [0, 0.1) is 0 Å². The number of ether oxygens (including phenoxy) is 2. The molecule has 1 aliphatic rings. The largest absolute Gasteiger partial charge is 0.496 e. The summed E-state index contributed by atoms with van der Waals surface area (Å²) in [5.74, 6) is 1.56. The van der Waals surface area contributed by atoms with E-state index in [9.17, 15) is 4.79 Å². The molecule has 1 saturated heterocycles. The Morgan fingerprint density at radius 3 is 2.44 bits per heavy atom. The lowest BCUT2D eigenvalue weighted by Crippen LogP contribution is -2.49. The molecule has 0 radical (unpaired) electrons. The van der Waals surface area contributed by atoms with Gasteiger partial charge < -0.3 is 14.4 Å². The van der Waals surface area contributed by atoms with Gasteiger partial charge in [-0.2, -0.15) is 0 Å². The summed E-state index contributed by atoms with van der Waals surface area (Å²) in [5, 5.41) is 2.59. The smallest absolute Gasteiger partial charge is 0.257 e. The first-order valence-corrected chi connectivity index (χ1v) is 13.6. The Kier molecular flexibility index (Phi) is 8.76. The number of benzene rings is 4. The highest BCUT2D eigenvalue weighted by Gasteiger charge is 2.24. The molecule has 1 amide bonds. The normalized spacial score (nSPS) is 14.1. The summed E-state index contributed by atoms with van der Waals surface area (Å²) in [6.07, 6.45) is 0. The number of carbonyl (C=O) groups excluding carboxylic acids is 1. The monoisotopic (exact) mass is 523 g/mol. The molecule has 0 aromatic heterocycles. The summed E-state index contributed by atoms with van der Waals surface area (Å²) in [6, 6.07) is 30.9. The first kappa shape index (κ1) is 26.7. The average Bonchev–Trinajstić information content (AvgIpc) is 2.97. The molecule has 0 spiro atoms. The fourth-order valence-corrected chi connectivity index (χ4v) is 5.28. The van der Waals surface area contributed by atoms with Crippen molar-refractivity contribution in [3.05, 3.63) is 108 Å². The maximum Gasteiger partial charge on any atom is 0.257 e. The average molecular weight is 524 g/mol. The van der Waals surface area contributed by atoms with Crippen molar-refractivity contribution in [1.29, 1.82) is 0 Å². The van der Waals surface area contributed by atoms with E-state index in [2.05, 4.69) is 77.5 Å². The van der Waals surface area contributed by atoms with Gasteiger partial charge in [-0.15, -0.1) is 0 Å². The van der Waals surface area contributed by atoms with E-state index in [1.54, 1.807) is 7.11 Å². The molecule has 0 unspecified atom stereocenters. The molecule has 4 aromatic rings. The number of amides is 1. The molecule has 1 aliphatic heterocycles. The molecule has 1 heterocycles. The van der Waals surface area contributed by atoms with Crippen molar-refractivity contribution in [3.8, 4) is 11.5 Å². The Morgan fingerprint density at radius 2 is 1.59 bits per heavy atom. The molecule has 6 heteroatoms. The summed E-state index contributed by atoms with van der Waals surface area (Å²) < 4.78 is 11.5. The number of nitrogens with zero attached hydrogens (tertiary/aromatic N) is 3. The van der Waals surface area contributed by atoms with Crippen molar-refractivity contribution in [3.63, 3.8) is 0 Å². The van der Waals surface area contributed by atoms with E-state index in [-0.39, 0.29) is 5.91 Å². The predicted octanol–water partition coefficient (Wildman–Crippen LogP) is 5.32. The minimum atomic E-state index is 0.0329. The van der Waals surface area contributed by atoms with Gasteiger partial charge in [-0.3, -0.25) is 14.6 Å². The molecule has 0 bridgehead atoms. The molecule has 0 atom stereocenters. The van der Waals surface area contributed by atoms with Gasteiger partial charge >= 0.3 is 0 Å². The second-order valence-electron chi connectivity index (χ2n) is 10.1. The van der Waals surface area contributed by atoms with Gasteiger partial charge in [0.1, 0.15) is 18.1 Å². The molecule has 5 rings (SSSR count). The van der Waals surface area contributed by atoms with Gasteiger partial charge in [0.25, 0.3) is 5.91 Å². The van der Waals surface area contributed by atoms with Crippen LogP contribution in [0.3, 0.4) is 0 Å². The van der Waals surface area contributed by atoms with Gasteiger partial charge in [-0.1, -0.05) is 66.7 Å². The number of rotatable bonds is 10. The van der Waals surface area contributed by atoms with E-state index in [0.29, 0.717) is 31.0 Å². The van der Waals surface area contributed by atoms with Crippen molar-refractivity contribution < 1.29 is 14.3 Å². The van der Waals surface area contributed by atoms with E-state index in [1.807, 2.05) is 35.2 Å². The molecular weight excluding hydrogens is 486 g/mol. The van der Waals surface area contributed by atoms with Crippen molar-refractivity contribution >= 4 is 16.7 Å². The Labute approximate surface area is 231 Å². The van der Waals surface area contributed by atoms with Gasteiger partial charge in [-0.25, -0.2) is 0 Å². The quantitative estimate of drug-likeness (QED) is 0.282. The minimum Gasteiger partial charge on any atom is -0.496 e. The SMILES string of the molecule is COc1ccccc1C(=O)N1CCN(CCOc2cccc(CN(C)Cc3cccc4ccccc34)c2)CC1. The molecule has 4 aromatic carbocycles. The van der Waals surface area contributed by atoms with Crippen LogP contribution < -0.4 is 9.47 Å². The zero-order chi connectivity index (χ0) is 27.0. The Morgan fingerprint density at radius 1 is 0.846 bits per heavy atom. The predicted molar refractivity (Wildman–Crippen MR) is 156 cm³/mol. The zero-order valence-corrected chi connectivity index (χ0v) is 22.9. The van der Waals surface area contributed by atoms with Crippen LogP contribution >= 0.6 is 0 Å². The van der Waals surface area contributed by atoms with Crippen LogP contribution in [-0.2, 0) is 13.1 Å². The third-order valence-electron chi connectivity index (χ3n) is 7.34. The molecule has 0 saturated carbocycles. The third-order valence-corrected chi connectivity index (χ3v) is 7.34. The molecule has 0 N–H and O–H groups in total. The Hall–Kier alpha value is -3.87. The van der Waals surface area contributed by atoms with Crippen LogP contribution in [0.2, 0.25) is 0 Å². The summed E-state index contributed by atoms with van der Waals surface area (Å²) >= 11 is 0. The molecule has 6 nitrogen and oxygen atoms in total. The molecule has 39 heavy (non-hydrogen) atoms. The number of hydrogen-bond acceptors (Lipinski definition) is 5. The van der Waals surface area contributed by atoms with Crippen molar-refractivity contribution in [2.75, 3.05) is 53.5 Å². The maximum absolute atomic E-state index is 13.0. The van der Waals surface area contributed by atoms with Crippen molar-refractivity contribution in [2.45, 2.75) is 13.1 Å². The van der Waals surface area contributed by atoms with Crippen LogP contribution in [0.1, 0.15) is 21.5 Å². The first-order valence-electron chi connectivity index (χ1n) is 13.6. The summed E-state index contributed by atoms with van der Waals surface area (Å²) in [5.41, 5.74) is 3.20. The number of methoxy groups -OCH3 is 1. The summed E-state index contributed by atoms with van der Waals surface area (Å²) in [4.78, 5) is 19.6. The highest BCUT2D eigenvalue weighted by molar-refractivity contribution is 5.97. The maximum atomic E-state index is 13.0. The van der Waals surface area contributed by atoms with Crippen molar-refractivity contribution in [2.24, 2.45) is 0 Å². The lowest BCUT2D eigenvalue weighted by Gasteiger charge is -2.34. The molecule has 1 fully saturated rings. The summed E-state index contributed by atoms with van der Waals surface area (Å²) in [7, 11) is 3.76. The van der Waals surface area contributed by atoms with Gasteiger partial charge in [0.2, 0.25) is 0 Å². The number of fused-ring (bicyclic) bond motifs is 1. The van der Waals surface area contributed by atoms with E-state index in [4.69, 9.17) is 9.47 Å². The van der Waals surface area contributed by atoms with Crippen LogP contribution in [-0.4, -0.2) is 74.1 Å². The lowest BCUT2D eigenvalue weighted by atomic mass is 10.0.